The lowest BCUT2D eigenvalue weighted by Crippen LogP contribution is -2.38. The molecule has 108 valence electrons. The van der Waals surface area contributed by atoms with E-state index in [4.69, 9.17) is 0 Å². The molecule has 1 aromatic rings. The van der Waals surface area contributed by atoms with Gasteiger partial charge in [-0.25, -0.2) is 18.4 Å². The van der Waals surface area contributed by atoms with Crippen LogP contribution >= 0.6 is 0 Å². The molecule has 20 heavy (non-hydrogen) atoms. The van der Waals surface area contributed by atoms with Crippen LogP contribution in [0.15, 0.2) is 24.5 Å². The minimum atomic E-state index is -3.34. The molecule has 0 aromatic carbocycles. The van der Waals surface area contributed by atoms with Gasteiger partial charge in [-0.2, -0.15) is 0 Å². The Labute approximate surface area is 118 Å². The van der Waals surface area contributed by atoms with Gasteiger partial charge in [0, 0.05) is 42.6 Å². The average molecular weight is 295 g/mol. The first-order chi connectivity index (χ1) is 9.43. The molecular weight excluding hydrogens is 278 g/mol. The van der Waals surface area contributed by atoms with Crippen molar-refractivity contribution in [3.8, 4) is 0 Å². The minimum absolute atomic E-state index is 0.0237. The summed E-state index contributed by atoms with van der Waals surface area (Å²) in [6.45, 7) is 6.22. The summed E-state index contributed by atoms with van der Waals surface area (Å²) < 4.78 is 22.7. The fraction of sp³-hybridized carbons (Fsp3) is 0.462. The van der Waals surface area contributed by atoms with Crippen LogP contribution < -0.4 is 0 Å². The fourth-order valence-electron chi connectivity index (χ4n) is 2.28. The highest BCUT2D eigenvalue weighted by Crippen LogP contribution is 2.25. The van der Waals surface area contributed by atoms with Crippen LogP contribution in [0.4, 0.5) is 0 Å². The van der Waals surface area contributed by atoms with Gasteiger partial charge in [0.15, 0.2) is 9.84 Å². The SMILES string of the molecule is C=CS(=O)(=O)CCC(=O)N1Cc2cncnc2C(C)C1. The van der Waals surface area contributed by atoms with E-state index in [1.165, 1.54) is 6.33 Å². The van der Waals surface area contributed by atoms with Gasteiger partial charge in [0.2, 0.25) is 5.91 Å². The Morgan fingerprint density at radius 3 is 3.05 bits per heavy atom. The van der Waals surface area contributed by atoms with Crippen LogP contribution in [0.5, 0.6) is 0 Å². The van der Waals surface area contributed by atoms with Gasteiger partial charge in [0.25, 0.3) is 0 Å². The number of rotatable bonds is 4. The van der Waals surface area contributed by atoms with Crippen molar-refractivity contribution in [3.05, 3.63) is 35.8 Å². The van der Waals surface area contributed by atoms with E-state index in [0.717, 1.165) is 16.7 Å². The van der Waals surface area contributed by atoms with Crippen molar-refractivity contribution in [1.29, 1.82) is 0 Å². The molecule has 0 bridgehead atoms. The average Bonchev–Trinajstić information content (AvgIpc) is 2.45. The summed E-state index contributed by atoms with van der Waals surface area (Å²) in [6.07, 6.45) is 3.19. The number of carbonyl (C=O) groups excluding carboxylic acids is 1. The maximum absolute atomic E-state index is 12.1. The van der Waals surface area contributed by atoms with Crippen molar-refractivity contribution >= 4 is 15.7 Å². The summed E-state index contributed by atoms with van der Waals surface area (Å²) >= 11 is 0. The number of aromatic nitrogens is 2. The zero-order valence-corrected chi connectivity index (χ0v) is 12.1. The second-order valence-corrected chi connectivity index (χ2v) is 6.96. The summed E-state index contributed by atoms with van der Waals surface area (Å²) in [4.78, 5) is 22.0. The summed E-state index contributed by atoms with van der Waals surface area (Å²) in [5.74, 6) is -0.239. The number of hydrogen-bond acceptors (Lipinski definition) is 5. The van der Waals surface area contributed by atoms with E-state index >= 15 is 0 Å². The van der Waals surface area contributed by atoms with Gasteiger partial charge >= 0.3 is 0 Å². The second kappa shape index (κ2) is 5.70. The quantitative estimate of drug-likeness (QED) is 0.823. The third-order valence-corrected chi connectivity index (χ3v) is 4.63. The van der Waals surface area contributed by atoms with Crippen molar-refractivity contribution in [3.63, 3.8) is 0 Å². The molecule has 0 radical (unpaired) electrons. The molecule has 2 heterocycles. The van der Waals surface area contributed by atoms with E-state index < -0.39 is 9.84 Å². The highest BCUT2D eigenvalue weighted by molar-refractivity contribution is 7.94. The lowest BCUT2D eigenvalue weighted by atomic mass is 9.97. The topological polar surface area (TPSA) is 80.2 Å². The summed E-state index contributed by atoms with van der Waals surface area (Å²) in [6, 6.07) is 0. The molecule has 0 fully saturated rings. The highest BCUT2D eigenvalue weighted by Gasteiger charge is 2.27. The van der Waals surface area contributed by atoms with Gasteiger partial charge in [0.1, 0.15) is 6.33 Å². The molecule has 1 aliphatic heterocycles. The summed E-state index contributed by atoms with van der Waals surface area (Å²) in [5, 5.41) is 0.891. The highest BCUT2D eigenvalue weighted by atomic mass is 32.2. The Kier molecular flexibility index (Phi) is 4.17. The Balaban J connectivity index is 2.05. The Hall–Kier alpha value is -1.76. The minimum Gasteiger partial charge on any atom is -0.338 e. The molecule has 1 aromatic heterocycles. The molecule has 1 atom stereocenters. The molecule has 0 aliphatic carbocycles. The van der Waals surface area contributed by atoms with Crippen molar-refractivity contribution < 1.29 is 13.2 Å². The Morgan fingerprint density at radius 2 is 2.35 bits per heavy atom. The molecule has 6 nitrogen and oxygen atoms in total. The first-order valence-corrected chi connectivity index (χ1v) is 8.06. The van der Waals surface area contributed by atoms with Gasteiger partial charge in [-0.05, 0) is 0 Å². The smallest absolute Gasteiger partial charge is 0.223 e. The molecule has 1 unspecified atom stereocenters. The van der Waals surface area contributed by atoms with E-state index in [0.29, 0.717) is 13.1 Å². The van der Waals surface area contributed by atoms with E-state index in [-0.39, 0.29) is 24.0 Å². The summed E-state index contributed by atoms with van der Waals surface area (Å²) in [5.41, 5.74) is 1.88. The van der Waals surface area contributed by atoms with Gasteiger partial charge in [-0.1, -0.05) is 13.5 Å². The first kappa shape index (κ1) is 14.6. The van der Waals surface area contributed by atoms with Gasteiger partial charge in [-0.3, -0.25) is 4.79 Å². The van der Waals surface area contributed by atoms with Crippen LogP contribution in [-0.4, -0.2) is 41.5 Å². The Bertz CT molecular complexity index is 628. The molecule has 2 rings (SSSR count). The third kappa shape index (κ3) is 3.22. The molecule has 0 saturated heterocycles. The van der Waals surface area contributed by atoms with Crippen LogP contribution in [0.25, 0.3) is 0 Å². The van der Waals surface area contributed by atoms with Crippen molar-refractivity contribution in [2.75, 3.05) is 12.3 Å². The van der Waals surface area contributed by atoms with Crippen LogP contribution in [0.1, 0.15) is 30.5 Å². The molecule has 0 spiro atoms. The standard InChI is InChI=1S/C13H17N3O3S/c1-3-20(18,19)5-4-12(17)16-7-10(2)13-11(8-16)6-14-9-15-13/h3,6,9-10H,1,4-5,7-8H2,2H3. The van der Waals surface area contributed by atoms with Crippen LogP contribution in [0, 0.1) is 0 Å². The van der Waals surface area contributed by atoms with Gasteiger partial charge in [0.05, 0.1) is 11.4 Å². The van der Waals surface area contributed by atoms with Crippen molar-refractivity contribution in [2.24, 2.45) is 0 Å². The molecule has 0 N–H and O–H groups in total. The van der Waals surface area contributed by atoms with E-state index in [1.54, 1.807) is 11.1 Å². The molecule has 7 heteroatoms. The predicted molar refractivity (Wildman–Crippen MR) is 74.5 cm³/mol. The summed E-state index contributed by atoms with van der Waals surface area (Å²) in [7, 11) is -3.34. The van der Waals surface area contributed by atoms with E-state index in [1.807, 2.05) is 6.92 Å². The molecule has 0 saturated carbocycles. The number of fused-ring (bicyclic) bond motifs is 1. The number of hydrogen-bond donors (Lipinski definition) is 0. The predicted octanol–water partition coefficient (Wildman–Crippen LogP) is 0.871. The molecule has 1 aliphatic rings. The maximum Gasteiger partial charge on any atom is 0.223 e. The zero-order valence-electron chi connectivity index (χ0n) is 11.3. The van der Waals surface area contributed by atoms with Gasteiger partial charge < -0.3 is 4.90 Å². The van der Waals surface area contributed by atoms with E-state index in [9.17, 15) is 13.2 Å². The Morgan fingerprint density at radius 1 is 1.60 bits per heavy atom. The van der Waals surface area contributed by atoms with E-state index in [2.05, 4.69) is 16.5 Å². The lowest BCUT2D eigenvalue weighted by molar-refractivity contribution is -0.132. The van der Waals surface area contributed by atoms with Crippen LogP contribution in [0.2, 0.25) is 0 Å². The van der Waals surface area contributed by atoms with Crippen LogP contribution in [0.3, 0.4) is 0 Å². The number of sulfone groups is 1. The number of amides is 1. The van der Waals surface area contributed by atoms with Crippen molar-refractivity contribution in [2.45, 2.75) is 25.8 Å². The fourth-order valence-corrected chi connectivity index (χ4v) is 2.91. The first-order valence-electron chi connectivity index (χ1n) is 6.34. The number of nitrogens with zero attached hydrogens (tertiary/aromatic N) is 3. The normalized spacial score (nSPS) is 18.4. The van der Waals surface area contributed by atoms with Crippen LogP contribution in [-0.2, 0) is 21.2 Å². The molecular formula is C13H17N3O3S. The maximum atomic E-state index is 12.1. The number of carbonyl (C=O) groups is 1. The lowest BCUT2D eigenvalue weighted by Gasteiger charge is -2.31. The van der Waals surface area contributed by atoms with Crippen molar-refractivity contribution in [1.82, 2.24) is 14.9 Å². The second-order valence-electron chi connectivity index (χ2n) is 4.89. The monoisotopic (exact) mass is 295 g/mol. The zero-order chi connectivity index (χ0) is 14.8. The largest absolute Gasteiger partial charge is 0.338 e. The van der Waals surface area contributed by atoms with Gasteiger partial charge in [-0.15, -0.1) is 0 Å². The third-order valence-electron chi connectivity index (χ3n) is 3.35. The molecule has 1 amide bonds.